The summed E-state index contributed by atoms with van der Waals surface area (Å²) in [5.41, 5.74) is 2.21. The van der Waals surface area contributed by atoms with Gasteiger partial charge in [0, 0.05) is 10.9 Å². The number of nitrogens with one attached hydrogen (secondary N) is 1. The van der Waals surface area contributed by atoms with Gasteiger partial charge in [-0.2, -0.15) is 0 Å². The summed E-state index contributed by atoms with van der Waals surface area (Å²) in [5, 5.41) is 4.58. The molecule has 0 saturated carbocycles. The smallest absolute Gasteiger partial charge is 0.123 e. The second-order valence-corrected chi connectivity index (χ2v) is 6.45. The van der Waals surface area contributed by atoms with E-state index in [-0.39, 0.29) is 11.9 Å². The lowest BCUT2D eigenvalue weighted by Crippen LogP contribution is -2.28. The number of hydrogen-bond acceptors (Lipinski definition) is 3. The highest BCUT2D eigenvalue weighted by atomic mass is 32.1. The van der Waals surface area contributed by atoms with Gasteiger partial charge in [0.05, 0.1) is 11.7 Å². The molecule has 1 aromatic heterocycles. The van der Waals surface area contributed by atoms with Gasteiger partial charge in [0.15, 0.2) is 0 Å². The zero-order chi connectivity index (χ0) is 14.7. The van der Waals surface area contributed by atoms with Crippen LogP contribution in [0.2, 0.25) is 0 Å². The highest BCUT2D eigenvalue weighted by Crippen LogP contribution is 2.29. The Morgan fingerprint density at radius 2 is 1.90 bits per heavy atom. The van der Waals surface area contributed by atoms with Gasteiger partial charge in [0.1, 0.15) is 10.8 Å². The third kappa shape index (κ3) is 3.44. The molecule has 1 unspecified atom stereocenters. The van der Waals surface area contributed by atoms with Crippen molar-refractivity contribution < 1.29 is 4.39 Å². The van der Waals surface area contributed by atoms with E-state index in [1.165, 1.54) is 17.0 Å². The Hall–Kier alpha value is -1.26. The van der Waals surface area contributed by atoms with Crippen LogP contribution < -0.4 is 5.32 Å². The first kappa shape index (κ1) is 15.1. The molecule has 0 aliphatic heterocycles. The summed E-state index contributed by atoms with van der Waals surface area (Å²) in [6, 6.07) is 7.03. The Labute approximate surface area is 124 Å². The Morgan fingerprint density at radius 1 is 1.25 bits per heavy atom. The molecule has 0 spiro atoms. The largest absolute Gasteiger partial charge is 0.302 e. The van der Waals surface area contributed by atoms with Crippen LogP contribution in [0.4, 0.5) is 4.39 Å². The maximum Gasteiger partial charge on any atom is 0.123 e. The van der Waals surface area contributed by atoms with Crippen LogP contribution in [0.15, 0.2) is 24.3 Å². The fourth-order valence-corrected chi connectivity index (χ4v) is 3.30. The van der Waals surface area contributed by atoms with E-state index >= 15 is 0 Å². The van der Waals surface area contributed by atoms with Gasteiger partial charge in [0.2, 0.25) is 0 Å². The van der Waals surface area contributed by atoms with Crippen molar-refractivity contribution in [1.82, 2.24) is 10.3 Å². The van der Waals surface area contributed by atoms with Crippen molar-refractivity contribution in [3.63, 3.8) is 0 Å². The lowest BCUT2D eigenvalue weighted by Gasteiger charge is -2.19. The first-order valence-corrected chi connectivity index (χ1v) is 7.80. The molecule has 2 rings (SSSR count). The van der Waals surface area contributed by atoms with Gasteiger partial charge in [0.25, 0.3) is 0 Å². The highest BCUT2D eigenvalue weighted by molar-refractivity contribution is 7.11. The van der Waals surface area contributed by atoms with Gasteiger partial charge in [-0.05, 0) is 44.9 Å². The summed E-state index contributed by atoms with van der Waals surface area (Å²) >= 11 is 1.72. The zero-order valence-electron chi connectivity index (χ0n) is 12.4. The number of hydrogen-bond donors (Lipinski definition) is 1. The van der Waals surface area contributed by atoms with Crippen LogP contribution in [0, 0.1) is 12.7 Å². The third-order valence-electron chi connectivity index (χ3n) is 3.19. The lowest BCUT2D eigenvalue weighted by molar-refractivity contribution is 0.525. The van der Waals surface area contributed by atoms with Crippen molar-refractivity contribution in [2.24, 2.45) is 0 Å². The van der Waals surface area contributed by atoms with E-state index in [1.54, 1.807) is 11.3 Å². The molecule has 0 bridgehead atoms. The molecule has 1 atom stereocenters. The molecule has 2 nitrogen and oxygen atoms in total. The van der Waals surface area contributed by atoms with E-state index < -0.39 is 0 Å². The maximum atomic E-state index is 13.1. The van der Waals surface area contributed by atoms with Crippen LogP contribution in [-0.4, -0.2) is 11.0 Å². The zero-order valence-corrected chi connectivity index (χ0v) is 13.2. The van der Waals surface area contributed by atoms with Crippen LogP contribution in [0.25, 0.3) is 0 Å². The van der Waals surface area contributed by atoms with Gasteiger partial charge in [-0.25, -0.2) is 9.37 Å². The van der Waals surface area contributed by atoms with Gasteiger partial charge < -0.3 is 5.32 Å². The summed E-state index contributed by atoms with van der Waals surface area (Å²) in [6.07, 6.45) is 0.945. The fraction of sp³-hybridized carbons (Fsp3) is 0.438. The summed E-state index contributed by atoms with van der Waals surface area (Å²) in [5.74, 6) is -0.207. The van der Waals surface area contributed by atoms with E-state index in [4.69, 9.17) is 4.98 Å². The molecule has 20 heavy (non-hydrogen) atoms. The van der Waals surface area contributed by atoms with Crippen LogP contribution in [0.3, 0.4) is 0 Å². The number of benzene rings is 1. The average Bonchev–Trinajstić information content (AvgIpc) is 2.78. The molecule has 0 radical (unpaired) electrons. The highest BCUT2D eigenvalue weighted by Gasteiger charge is 2.20. The molecule has 2 aromatic rings. The van der Waals surface area contributed by atoms with E-state index in [2.05, 4.69) is 33.0 Å². The standard InChI is InChI=1S/C16H21FN2S/c1-5-14-11(4)20-16(19-14)15(18-10(2)3)12-6-8-13(17)9-7-12/h6-10,15,18H,5H2,1-4H3. The second-order valence-electron chi connectivity index (χ2n) is 5.21. The number of rotatable bonds is 5. The second kappa shape index (κ2) is 6.46. The molecule has 0 fully saturated rings. The minimum absolute atomic E-state index is 0.0274. The van der Waals surface area contributed by atoms with E-state index in [0.29, 0.717) is 6.04 Å². The Bertz CT molecular complexity index is 560. The van der Waals surface area contributed by atoms with Crippen molar-refractivity contribution >= 4 is 11.3 Å². The molecule has 0 amide bonds. The van der Waals surface area contributed by atoms with E-state index in [0.717, 1.165) is 22.7 Å². The number of thiazole rings is 1. The van der Waals surface area contributed by atoms with Crippen LogP contribution in [-0.2, 0) is 6.42 Å². The van der Waals surface area contributed by atoms with Gasteiger partial charge in [-0.1, -0.05) is 19.1 Å². The molecule has 0 aliphatic rings. The van der Waals surface area contributed by atoms with Gasteiger partial charge >= 0.3 is 0 Å². The Morgan fingerprint density at radius 3 is 2.40 bits per heavy atom. The van der Waals surface area contributed by atoms with Crippen molar-refractivity contribution in [1.29, 1.82) is 0 Å². The third-order valence-corrected chi connectivity index (χ3v) is 4.27. The maximum absolute atomic E-state index is 13.1. The van der Waals surface area contributed by atoms with Gasteiger partial charge in [-0.3, -0.25) is 0 Å². The Balaban J connectivity index is 2.38. The summed E-state index contributed by atoms with van der Waals surface area (Å²) < 4.78 is 13.1. The van der Waals surface area contributed by atoms with Crippen molar-refractivity contribution in [2.45, 2.75) is 46.2 Å². The average molecular weight is 292 g/mol. The molecular weight excluding hydrogens is 271 g/mol. The molecule has 0 aliphatic carbocycles. The van der Waals surface area contributed by atoms with Crippen LogP contribution in [0.5, 0.6) is 0 Å². The normalized spacial score (nSPS) is 12.9. The Kier molecular flexibility index (Phi) is 4.89. The lowest BCUT2D eigenvalue weighted by atomic mass is 10.1. The molecular formula is C16H21FN2S. The molecule has 0 saturated heterocycles. The summed E-state index contributed by atoms with van der Waals surface area (Å²) in [6.45, 7) is 8.45. The molecule has 4 heteroatoms. The van der Waals surface area contributed by atoms with Gasteiger partial charge in [-0.15, -0.1) is 11.3 Å². The first-order valence-electron chi connectivity index (χ1n) is 6.99. The molecule has 108 valence electrons. The number of halogens is 1. The number of aromatic nitrogens is 1. The quantitative estimate of drug-likeness (QED) is 0.891. The van der Waals surface area contributed by atoms with Crippen molar-refractivity contribution in [3.8, 4) is 0 Å². The number of aryl methyl sites for hydroxylation is 2. The predicted octanol–water partition coefficient (Wildman–Crippen LogP) is 4.24. The molecule has 1 heterocycles. The van der Waals surface area contributed by atoms with Crippen molar-refractivity contribution in [2.75, 3.05) is 0 Å². The van der Waals surface area contributed by atoms with Crippen LogP contribution >= 0.6 is 11.3 Å². The fourth-order valence-electron chi connectivity index (χ4n) is 2.20. The SMILES string of the molecule is CCc1nc(C(NC(C)C)c2ccc(F)cc2)sc1C. The van der Waals surface area contributed by atoms with Crippen molar-refractivity contribution in [3.05, 3.63) is 51.2 Å². The monoisotopic (exact) mass is 292 g/mol. The topological polar surface area (TPSA) is 24.9 Å². The predicted molar refractivity (Wildman–Crippen MR) is 82.7 cm³/mol. The van der Waals surface area contributed by atoms with E-state index in [9.17, 15) is 4.39 Å². The first-order chi connectivity index (χ1) is 9.51. The minimum atomic E-state index is -0.207. The summed E-state index contributed by atoms with van der Waals surface area (Å²) in [4.78, 5) is 6.01. The molecule has 1 N–H and O–H groups in total. The molecule has 1 aromatic carbocycles. The van der Waals surface area contributed by atoms with E-state index in [1.807, 2.05) is 12.1 Å². The summed E-state index contributed by atoms with van der Waals surface area (Å²) in [7, 11) is 0. The van der Waals surface area contributed by atoms with Crippen LogP contribution in [0.1, 0.15) is 48.0 Å². The number of nitrogens with zero attached hydrogens (tertiary/aromatic N) is 1. The minimum Gasteiger partial charge on any atom is -0.302 e.